The summed E-state index contributed by atoms with van der Waals surface area (Å²) in [6.45, 7) is 8.94. The average molecular weight is 459 g/mol. The lowest BCUT2D eigenvalue weighted by atomic mass is 10.2. The molecule has 164 valence electrons. The molecule has 1 amide bonds. The lowest BCUT2D eigenvalue weighted by Crippen LogP contribution is -2.50. The Morgan fingerprint density at radius 3 is 2.35 bits per heavy atom. The molecule has 2 aromatic heterocycles. The molecule has 1 aliphatic rings. The maximum Gasteiger partial charge on any atom is 0.255 e. The summed E-state index contributed by atoms with van der Waals surface area (Å²) in [7, 11) is -3.58. The lowest BCUT2D eigenvalue weighted by molar-refractivity contribution is 0.0697. The molecule has 0 atom stereocenters. The van der Waals surface area contributed by atoms with Gasteiger partial charge in [-0.25, -0.2) is 13.4 Å². The van der Waals surface area contributed by atoms with Crippen LogP contribution < -0.4 is 0 Å². The Morgan fingerprint density at radius 2 is 1.74 bits per heavy atom. The number of sulfonamides is 1. The van der Waals surface area contributed by atoms with Gasteiger partial charge in [0.25, 0.3) is 5.91 Å². The van der Waals surface area contributed by atoms with Crippen LogP contribution in [0, 0.1) is 27.7 Å². The minimum atomic E-state index is -3.58. The first kappa shape index (κ1) is 21.7. The second-order valence-electron chi connectivity index (χ2n) is 7.90. The number of carbonyl (C=O) groups excluding carboxylic acids is 1. The minimum Gasteiger partial charge on any atom is -0.336 e. The fourth-order valence-electron chi connectivity index (χ4n) is 4.13. The number of nitrogens with zero attached hydrogens (tertiary/aromatic N) is 4. The van der Waals surface area contributed by atoms with Crippen molar-refractivity contribution in [1.29, 1.82) is 0 Å². The van der Waals surface area contributed by atoms with Crippen LogP contribution in [0.15, 0.2) is 40.7 Å². The zero-order chi connectivity index (χ0) is 22.3. The van der Waals surface area contributed by atoms with Crippen molar-refractivity contribution in [1.82, 2.24) is 18.8 Å². The van der Waals surface area contributed by atoms with Gasteiger partial charge in [-0.05, 0) is 45.4 Å². The first-order valence-corrected chi connectivity index (χ1v) is 12.5. The van der Waals surface area contributed by atoms with E-state index in [9.17, 15) is 13.2 Å². The van der Waals surface area contributed by atoms with Crippen molar-refractivity contribution in [2.45, 2.75) is 32.6 Å². The van der Waals surface area contributed by atoms with Crippen LogP contribution in [0.2, 0.25) is 0 Å². The predicted octanol–water partition coefficient (Wildman–Crippen LogP) is 3.31. The molecule has 7 nitrogen and oxygen atoms in total. The number of amides is 1. The standard InChI is InChI=1S/C22H26N4O3S2/c1-15-5-6-20(16(2)13-15)31(28,29)25-10-8-24(9-11-25)21(27)19-14-17(3)26(18(19)4)22-23-7-12-30-22/h5-7,12-14H,8-11H2,1-4H3. The minimum absolute atomic E-state index is 0.0699. The summed E-state index contributed by atoms with van der Waals surface area (Å²) in [6.07, 6.45) is 1.75. The van der Waals surface area contributed by atoms with Gasteiger partial charge >= 0.3 is 0 Å². The van der Waals surface area contributed by atoms with Crippen molar-refractivity contribution in [3.63, 3.8) is 0 Å². The molecule has 0 N–H and O–H groups in total. The van der Waals surface area contributed by atoms with Crippen LogP contribution in [-0.2, 0) is 10.0 Å². The van der Waals surface area contributed by atoms with E-state index in [0.717, 1.165) is 27.6 Å². The number of hydrogen-bond acceptors (Lipinski definition) is 5. The number of thiazole rings is 1. The summed E-state index contributed by atoms with van der Waals surface area (Å²) in [5.41, 5.74) is 4.21. The van der Waals surface area contributed by atoms with E-state index in [1.54, 1.807) is 17.2 Å². The topological polar surface area (TPSA) is 75.5 Å². The third-order valence-corrected chi connectivity index (χ3v) is 8.56. The van der Waals surface area contributed by atoms with E-state index in [1.165, 1.54) is 15.6 Å². The molecule has 0 saturated carbocycles. The van der Waals surface area contributed by atoms with Crippen LogP contribution in [0.3, 0.4) is 0 Å². The van der Waals surface area contributed by atoms with Gasteiger partial charge in [-0.1, -0.05) is 17.7 Å². The van der Waals surface area contributed by atoms with Crippen molar-refractivity contribution in [3.8, 4) is 5.13 Å². The van der Waals surface area contributed by atoms with Crippen LogP contribution in [0.4, 0.5) is 0 Å². The van der Waals surface area contributed by atoms with Crippen molar-refractivity contribution < 1.29 is 13.2 Å². The second kappa shape index (κ2) is 8.22. The number of piperazine rings is 1. The predicted molar refractivity (Wildman–Crippen MR) is 121 cm³/mol. The highest BCUT2D eigenvalue weighted by atomic mass is 32.2. The van der Waals surface area contributed by atoms with E-state index in [0.29, 0.717) is 23.5 Å². The van der Waals surface area contributed by atoms with E-state index in [2.05, 4.69) is 4.98 Å². The fraction of sp³-hybridized carbons (Fsp3) is 0.364. The molecule has 31 heavy (non-hydrogen) atoms. The Morgan fingerprint density at radius 1 is 1.03 bits per heavy atom. The van der Waals surface area contributed by atoms with Crippen LogP contribution in [0.5, 0.6) is 0 Å². The first-order valence-electron chi connectivity index (χ1n) is 10.2. The third kappa shape index (κ3) is 3.93. The van der Waals surface area contributed by atoms with Gasteiger partial charge in [0, 0.05) is 49.1 Å². The molecule has 0 radical (unpaired) electrons. The summed E-state index contributed by atoms with van der Waals surface area (Å²) in [5.74, 6) is -0.0699. The molecule has 3 aromatic rings. The van der Waals surface area contributed by atoms with E-state index in [-0.39, 0.29) is 19.0 Å². The fourth-order valence-corrected chi connectivity index (χ4v) is 6.51. The van der Waals surface area contributed by atoms with Gasteiger partial charge in [0.1, 0.15) is 0 Å². The number of carbonyl (C=O) groups is 1. The average Bonchev–Trinajstić information content (AvgIpc) is 3.35. The Labute approximate surface area is 187 Å². The molecule has 0 aliphatic carbocycles. The highest BCUT2D eigenvalue weighted by Gasteiger charge is 2.32. The normalized spacial score (nSPS) is 15.4. The van der Waals surface area contributed by atoms with Gasteiger partial charge < -0.3 is 4.90 Å². The van der Waals surface area contributed by atoms with Crippen molar-refractivity contribution in [3.05, 3.63) is 63.9 Å². The summed E-state index contributed by atoms with van der Waals surface area (Å²) >= 11 is 1.52. The summed E-state index contributed by atoms with van der Waals surface area (Å²) in [5, 5.41) is 2.74. The highest BCUT2D eigenvalue weighted by molar-refractivity contribution is 7.89. The number of rotatable bonds is 4. The molecule has 1 aliphatic heterocycles. The zero-order valence-electron chi connectivity index (χ0n) is 18.1. The molecule has 1 saturated heterocycles. The van der Waals surface area contributed by atoms with Gasteiger partial charge in [-0.15, -0.1) is 11.3 Å². The van der Waals surface area contributed by atoms with Crippen LogP contribution >= 0.6 is 11.3 Å². The first-order chi connectivity index (χ1) is 14.7. The summed E-state index contributed by atoms with van der Waals surface area (Å²) in [6, 6.07) is 7.26. The van der Waals surface area contributed by atoms with Crippen LogP contribution in [-0.4, -0.2) is 59.3 Å². The largest absolute Gasteiger partial charge is 0.336 e. The van der Waals surface area contributed by atoms with E-state index in [4.69, 9.17) is 0 Å². The quantitative estimate of drug-likeness (QED) is 0.601. The maximum atomic E-state index is 13.2. The van der Waals surface area contributed by atoms with Gasteiger partial charge in [0.2, 0.25) is 10.0 Å². The Bertz CT molecular complexity index is 1220. The summed E-state index contributed by atoms with van der Waals surface area (Å²) in [4.78, 5) is 19.6. The Hall–Kier alpha value is -2.49. The third-order valence-electron chi connectivity index (χ3n) is 5.75. The van der Waals surface area contributed by atoms with Crippen molar-refractivity contribution >= 4 is 27.3 Å². The number of aryl methyl sites for hydroxylation is 3. The molecular formula is C22H26N4O3S2. The summed E-state index contributed by atoms with van der Waals surface area (Å²) < 4.78 is 29.7. The van der Waals surface area contributed by atoms with Crippen molar-refractivity contribution in [2.75, 3.05) is 26.2 Å². The molecule has 1 fully saturated rings. The van der Waals surface area contributed by atoms with Crippen LogP contribution in [0.1, 0.15) is 32.9 Å². The Kier molecular flexibility index (Phi) is 5.76. The molecule has 0 spiro atoms. The highest BCUT2D eigenvalue weighted by Crippen LogP contribution is 2.25. The number of hydrogen-bond donors (Lipinski definition) is 0. The monoisotopic (exact) mass is 458 g/mol. The van der Waals surface area contributed by atoms with Crippen LogP contribution in [0.25, 0.3) is 5.13 Å². The number of benzene rings is 1. The molecular weight excluding hydrogens is 432 g/mol. The van der Waals surface area contributed by atoms with Crippen molar-refractivity contribution in [2.24, 2.45) is 0 Å². The van der Waals surface area contributed by atoms with E-state index >= 15 is 0 Å². The Balaban J connectivity index is 1.50. The van der Waals surface area contributed by atoms with E-state index < -0.39 is 10.0 Å². The smallest absolute Gasteiger partial charge is 0.255 e. The molecule has 3 heterocycles. The van der Waals surface area contributed by atoms with Gasteiger partial charge in [-0.3, -0.25) is 9.36 Å². The van der Waals surface area contributed by atoms with Gasteiger partial charge in [0.15, 0.2) is 5.13 Å². The molecule has 0 bridgehead atoms. The zero-order valence-corrected chi connectivity index (χ0v) is 19.8. The molecule has 1 aromatic carbocycles. The van der Waals surface area contributed by atoms with E-state index in [1.807, 2.05) is 55.8 Å². The van der Waals surface area contributed by atoms with Gasteiger partial charge in [-0.2, -0.15) is 4.31 Å². The second-order valence-corrected chi connectivity index (χ2v) is 10.7. The SMILES string of the molecule is Cc1ccc(S(=O)(=O)N2CCN(C(=O)c3cc(C)n(-c4nccs4)c3C)CC2)c(C)c1. The van der Waals surface area contributed by atoms with Gasteiger partial charge in [0.05, 0.1) is 10.5 Å². The maximum absolute atomic E-state index is 13.2. The molecule has 9 heteroatoms. The molecule has 4 rings (SSSR count). The molecule has 0 unspecified atom stereocenters. The number of aromatic nitrogens is 2. The lowest BCUT2D eigenvalue weighted by Gasteiger charge is -2.34.